The van der Waals surface area contributed by atoms with Gasteiger partial charge in [-0.25, -0.2) is 4.98 Å². The summed E-state index contributed by atoms with van der Waals surface area (Å²) in [4.78, 5) is 15.6. The first-order valence-electron chi connectivity index (χ1n) is 5.41. The van der Waals surface area contributed by atoms with Gasteiger partial charge in [0.05, 0.1) is 5.69 Å². The lowest BCUT2D eigenvalue weighted by molar-refractivity contribution is -0.116. The number of hydrogen-bond acceptors (Lipinski definition) is 2. The number of nitrogens with one attached hydrogen (secondary N) is 1. The third-order valence-corrected chi connectivity index (χ3v) is 2.50. The monoisotopic (exact) mass is 240 g/mol. The van der Waals surface area contributed by atoms with Crippen LogP contribution in [0.1, 0.15) is 32.3 Å². The zero-order chi connectivity index (χ0) is 12.1. The number of halogens is 1. The number of aryl methyl sites for hydroxylation is 1. The molecule has 16 heavy (non-hydrogen) atoms. The normalized spacial score (nSPS) is 10.6. The Morgan fingerprint density at radius 2 is 2.25 bits per heavy atom. The van der Waals surface area contributed by atoms with Gasteiger partial charge in [0.1, 0.15) is 0 Å². The van der Waals surface area contributed by atoms with Crippen molar-refractivity contribution in [1.29, 1.82) is 0 Å². The van der Waals surface area contributed by atoms with E-state index in [0.29, 0.717) is 23.2 Å². The average molecular weight is 241 g/mol. The second-order valence-corrected chi connectivity index (χ2v) is 4.69. The highest BCUT2D eigenvalue weighted by molar-refractivity contribution is 6.32. The third kappa shape index (κ3) is 4.19. The maximum absolute atomic E-state index is 11.6. The molecule has 1 rings (SSSR count). The molecule has 0 aliphatic heterocycles. The number of aromatic nitrogens is 1. The van der Waals surface area contributed by atoms with Crippen molar-refractivity contribution >= 4 is 23.2 Å². The molecule has 4 heteroatoms. The Hall–Kier alpha value is -1.09. The topological polar surface area (TPSA) is 42.0 Å². The predicted octanol–water partition coefficient (Wildman–Crippen LogP) is 3.42. The summed E-state index contributed by atoms with van der Waals surface area (Å²) in [5, 5.41) is 3.11. The molecule has 0 saturated heterocycles. The standard InChI is InChI=1S/C12H17ClN2O/c1-8(2)4-5-11(16)15-10-6-9(3)7-14-12(10)13/h6-8H,4-5H2,1-3H3,(H,15,16). The van der Waals surface area contributed by atoms with E-state index in [1.807, 2.05) is 13.0 Å². The number of amides is 1. The number of nitrogens with zero attached hydrogens (tertiary/aromatic N) is 1. The molecule has 0 saturated carbocycles. The van der Waals surface area contributed by atoms with E-state index in [1.165, 1.54) is 0 Å². The fraction of sp³-hybridized carbons (Fsp3) is 0.500. The first kappa shape index (κ1) is 13.0. The molecule has 0 atom stereocenters. The second-order valence-electron chi connectivity index (χ2n) is 4.33. The van der Waals surface area contributed by atoms with Crippen LogP contribution in [-0.4, -0.2) is 10.9 Å². The van der Waals surface area contributed by atoms with Crippen LogP contribution in [0.4, 0.5) is 5.69 Å². The van der Waals surface area contributed by atoms with Gasteiger partial charge in [0, 0.05) is 12.6 Å². The van der Waals surface area contributed by atoms with Gasteiger partial charge in [-0.05, 0) is 30.9 Å². The van der Waals surface area contributed by atoms with Crippen molar-refractivity contribution in [2.24, 2.45) is 5.92 Å². The molecule has 0 spiro atoms. The highest BCUT2D eigenvalue weighted by Crippen LogP contribution is 2.20. The zero-order valence-corrected chi connectivity index (χ0v) is 10.6. The summed E-state index contributed by atoms with van der Waals surface area (Å²) >= 11 is 5.88. The molecule has 0 aliphatic carbocycles. The average Bonchev–Trinajstić information content (AvgIpc) is 2.20. The molecule has 0 bridgehead atoms. The minimum Gasteiger partial charge on any atom is -0.323 e. The van der Waals surface area contributed by atoms with Gasteiger partial charge in [0.15, 0.2) is 5.15 Å². The molecule has 88 valence electrons. The van der Waals surface area contributed by atoms with Gasteiger partial charge in [-0.1, -0.05) is 25.4 Å². The minimum atomic E-state index is -0.0111. The van der Waals surface area contributed by atoms with Crippen LogP contribution in [0.15, 0.2) is 12.3 Å². The lowest BCUT2D eigenvalue weighted by Crippen LogP contribution is -2.12. The fourth-order valence-corrected chi connectivity index (χ4v) is 1.42. The molecular weight excluding hydrogens is 224 g/mol. The summed E-state index contributed by atoms with van der Waals surface area (Å²) in [5.74, 6) is 0.514. The molecule has 0 unspecified atom stereocenters. The fourth-order valence-electron chi connectivity index (χ4n) is 1.27. The summed E-state index contributed by atoms with van der Waals surface area (Å²) in [6.45, 7) is 6.09. The number of pyridine rings is 1. The van der Waals surface area contributed by atoms with Crippen LogP contribution in [0.3, 0.4) is 0 Å². The maximum atomic E-state index is 11.6. The number of anilines is 1. The van der Waals surface area contributed by atoms with Gasteiger partial charge in [-0.15, -0.1) is 0 Å². The predicted molar refractivity (Wildman–Crippen MR) is 66.7 cm³/mol. The van der Waals surface area contributed by atoms with Gasteiger partial charge < -0.3 is 5.32 Å². The molecule has 0 aliphatic rings. The van der Waals surface area contributed by atoms with E-state index in [4.69, 9.17) is 11.6 Å². The molecule has 1 N–H and O–H groups in total. The van der Waals surface area contributed by atoms with Gasteiger partial charge >= 0.3 is 0 Å². The zero-order valence-electron chi connectivity index (χ0n) is 9.88. The van der Waals surface area contributed by atoms with E-state index in [1.54, 1.807) is 6.20 Å². The number of rotatable bonds is 4. The summed E-state index contributed by atoms with van der Waals surface area (Å²) < 4.78 is 0. The quantitative estimate of drug-likeness (QED) is 0.820. The Kier molecular flexibility index (Phi) is 4.74. The molecule has 1 heterocycles. The van der Waals surface area contributed by atoms with Crippen molar-refractivity contribution in [3.05, 3.63) is 23.0 Å². The van der Waals surface area contributed by atoms with Gasteiger partial charge in [-0.2, -0.15) is 0 Å². The first-order valence-corrected chi connectivity index (χ1v) is 5.79. The summed E-state index contributed by atoms with van der Waals surface area (Å²) in [7, 11) is 0. The summed E-state index contributed by atoms with van der Waals surface area (Å²) in [5.41, 5.74) is 1.57. The Bertz CT molecular complexity index is 377. The lowest BCUT2D eigenvalue weighted by atomic mass is 10.1. The molecular formula is C12H17ClN2O. The molecule has 1 aromatic rings. The van der Waals surface area contributed by atoms with E-state index in [-0.39, 0.29) is 5.91 Å². The highest BCUT2D eigenvalue weighted by atomic mass is 35.5. The van der Waals surface area contributed by atoms with E-state index in [2.05, 4.69) is 24.1 Å². The van der Waals surface area contributed by atoms with Crippen LogP contribution in [-0.2, 0) is 4.79 Å². The minimum absolute atomic E-state index is 0.0111. The van der Waals surface area contributed by atoms with Crippen molar-refractivity contribution in [1.82, 2.24) is 4.98 Å². The van der Waals surface area contributed by atoms with Crippen LogP contribution in [0.5, 0.6) is 0 Å². The summed E-state index contributed by atoms with van der Waals surface area (Å²) in [6, 6.07) is 1.82. The van der Waals surface area contributed by atoms with Crippen LogP contribution >= 0.6 is 11.6 Å². The van der Waals surface area contributed by atoms with Crippen LogP contribution < -0.4 is 5.32 Å². The van der Waals surface area contributed by atoms with E-state index in [9.17, 15) is 4.79 Å². The Morgan fingerprint density at radius 1 is 1.56 bits per heavy atom. The number of hydrogen-bond donors (Lipinski definition) is 1. The van der Waals surface area contributed by atoms with Crippen LogP contribution in [0.2, 0.25) is 5.15 Å². The first-order chi connectivity index (χ1) is 7.49. The van der Waals surface area contributed by atoms with Crippen molar-refractivity contribution in [2.45, 2.75) is 33.6 Å². The lowest BCUT2D eigenvalue weighted by Gasteiger charge is -2.08. The van der Waals surface area contributed by atoms with Gasteiger partial charge in [-0.3, -0.25) is 4.79 Å². The molecule has 0 radical (unpaired) electrons. The van der Waals surface area contributed by atoms with Crippen LogP contribution in [0.25, 0.3) is 0 Å². The van der Waals surface area contributed by atoms with Crippen LogP contribution in [0, 0.1) is 12.8 Å². The van der Waals surface area contributed by atoms with Crippen molar-refractivity contribution in [3.8, 4) is 0 Å². The molecule has 0 aromatic carbocycles. The third-order valence-electron chi connectivity index (χ3n) is 2.20. The van der Waals surface area contributed by atoms with Gasteiger partial charge in [0.2, 0.25) is 5.91 Å². The highest BCUT2D eigenvalue weighted by Gasteiger charge is 2.07. The van der Waals surface area contributed by atoms with Crippen molar-refractivity contribution in [2.75, 3.05) is 5.32 Å². The van der Waals surface area contributed by atoms with Crippen molar-refractivity contribution in [3.63, 3.8) is 0 Å². The van der Waals surface area contributed by atoms with E-state index < -0.39 is 0 Å². The Labute approximate surface area is 101 Å². The number of carbonyl (C=O) groups excluding carboxylic acids is 1. The molecule has 3 nitrogen and oxygen atoms in total. The Morgan fingerprint density at radius 3 is 2.88 bits per heavy atom. The molecule has 1 amide bonds. The van der Waals surface area contributed by atoms with E-state index >= 15 is 0 Å². The van der Waals surface area contributed by atoms with Gasteiger partial charge in [0.25, 0.3) is 0 Å². The smallest absolute Gasteiger partial charge is 0.224 e. The largest absolute Gasteiger partial charge is 0.323 e. The number of carbonyl (C=O) groups is 1. The van der Waals surface area contributed by atoms with E-state index in [0.717, 1.165) is 12.0 Å². The molecule has 0 fully saturated rings. The SMILES string of the molecule is Cc1cnc(Cl)c(NC(=O)CCC(C)C)c1. The second kappa shape index (κ2) is 5.85. The Balaban J connectivity index is 2.59. The van der Waals surface area contributed by atoms with Crippen molar-refractivity contribution < 1.29 is 4.79 Å². The maximum Gasteiger partial charge on any atom is 0.224 e. The molecule has 1 aromatic heterocycles. The summed E-state index contributed by atoms with van der Waals surface area (Å²) in [6.07, 6.45) is 3.07.